The summed E-state index contributed by atoms with van der Waals surface area (Å²) in [6.07, 6.45) is 3.51. The zero-order chi connectivity index (χ0) is 22.0. The Balaban J connectivity index is 1.54. The van der Waals surface area contributed by atoms with E-state index in [1.807, 2.05) is 17.9 Å². The summed E-state index contributed by atoms with van der Waals surface area (Å²) in [5.41, 5.74) is 2.10. The molecular formula is C22H26ClN3O5. The van der Waals surface area contributed by atoms with Crippen LogP contribution in [-0.2, 0) is 9.63 Å². The van der Waals surface area contributed by atoms with Crippen LogP contribution < -0.4 is 9.47 Å². The maximum absolute atomic E-state index is 13.4. The SMILES string of the molecule is COc1cc(OC)c(C2=NO[C@@H](C(=O)N3CCCCC[C@H]3c3cc(C)no3)C2)cc1Cl. The number of carbonyl (C=O) groups excluding carboxylic acids is 1. The van der Waals surface area contributed by atoms with E-state index in [0.717, 1.165) is 37.1 Å². The molecule has 2 aromatic rings. The second-order valence-electron chi connectivity index (χ2n) is 7.79. The highest BCUT2D eigenvalue weighted by atomic mass is 35.5. The van der Waals surface area contributed by atoms with E-state index >= 15 is 0 Å². The van der Waals surface area contributed by atoms with Crippen molar-refractivity contribution in [2.75, 3.05) is 20.8 Å². The second-order valence-corrected chi connectivity index (χ2v) is 8.20. The third kappa shape index (κ3) is 4.35. The molecule has 2 aliphatic heterocycles. The van der Waals surface area contributed by atoms with Crippen LogP contribution >= 0.6 is 11.6 Å². The van der Waals surface area contributed by atoms with Gasteiger partial charge in [0.25, 0.3) is 5.91 Å². The van der Waals surface area contributed by atoms with Crippen molar-refractivity contribution in [1.82, 2.24) is 10.1 Å². The lowest BCUT2D eigenvalue weighted by atomic mass is 10.0. The maximum Gasteiger partial charge on any atom is 0.267 e. The summed E-state index contributed by atoms with van der Waals surface area (Å²) in [5, 5.41) is 8.63. The van der Waals surface area contributed by atoms with Crippen LogP contribution in [0.2, 0.25) is 5.02 Å². The van der Waals surface area contributed by atoms with Gasteiger partial charge in [-0.2, -0.15) is 0 Å². The van der Waals surface area contributed by atoms with Gasteiger partial charge in [0, 0.05) is 30.7 Å². The second kappa shape index (κ2) is 9.18. The number of methoxy groups -OCH3 is 2. The molecular weight excluding hydrogens is 422 g/mol. The minimum absolute atomic E-state index is 0.0988. The molecule has 0 aliphatic carbocycles. The Hall–Kier alpha value is -2.74. The summed E-state index contributed by atoms with van der Waals surface area (Å²) in [4.78, 5) is 20.9. The number of nitrogens with zero attached hydrogens (tertiary/aromatic N) is 3. The van der Waals surface area contributed by atoms with Gasteiger partial charge in [-0.15, -0.1) is 0 Å². The molecule has 0 N–H and O–H groups in total. The molecule has 4 rings (SSSR count). The lowest BCUT2D eigenvalue weighted by molar-refractivity contribution is -0.145. The molecule has 3 heterocycles. The molecule has 0 saturated carbocycles. The highest BCUT2D eigenvalue weighted by Gasteiger charge is 2.38. The third-order valence-corrected chi connectivity index (χ3v) is 6.04. The first-order valence-electron chi connectivity index (χ1n) is 10.4. The van der Waals surface area contributed by atoms with Crippen molar-refractivity contribution in [1.29, 1.82) is 0 Å². The van der Waals surface area contributed by atoms with Crippen LogP contribution in [0.3, 0.4) is 0 Å². The van der Waals surface area contributed by atoms with Crippen molar-refractivity contribution in [2.24, 2.45) is 5.16 Å². The fourth-order valence-electron chi connectivity index (χ4n) is 4.15. The molecule has 0 radical (unpaired) electrons. The number of hydrogen-bond donors (Lipinski definition) is 0. The van der Waals surface area contributed by atoms with Gasteiger partial charge in [0.1, 0.15) is 11.5 Å². The van der Waals surface area contributed by atoms with E-state index < -0.39 is 6.10 Å². The normalized spacial score (nSPS) is 21.3. The van der Waals surface area contributed by atoms with Crippen LogP contribution in [0.5, 0.6) is 11.5 Å². The fraction of sp³-hybridized carbons (Fsp3) is 0.500. The highest BCUT2D eigenvalue weighted by molar-refractivity contribution is 6.32. The molecule has 166 valence electrons. The molecule has 2 atom stereocenters. The number of aromatic nitrogens is 1. The minimum Gasteiger partial charge on any atom is -0.496 e. The van der Waals surface area contributed by atoms with Crippen molar-refractivity contribution in [3.63, 3.8) is 0 Å². The maximum atomic E-state index is 13.4. The number of oxime groups is 1. The Morgan fingerprint density at radius 1 is 1.16 bits per heavy atom. The molecule has 0 unspecified atom stereocenters. The summed E-state index contributed by atoms with van der Waals surface area (Å²) < 4.78 is 16.2. The van der Waals surface area contributed by atoms with Gasteiger partial charge in [-0.3, -0.25) is 4.79 Å². The first-order chi connectivity index (χ1) is 15.0. The fourth-order valence-corrected chi connectivity index (χ4v) is 4.39. The van der Waals surface area contributed by atoms with Crippen molar-refractivity contribution in [3.05, 3.63) is 40.2 Å². The molecule has 1 saturated heterocycles. The molecule has 1 amide bonds. The summed E-state index contributed by atoms with van der Waals surface area (Å²) >= 11 is 6.30. The Labute approximate surface area is 186 Å². The van der Waals surface area contributed by atoms with Crippen LogP contribution in [0.1, 0.15) is 55.2 Å². The Bertz CT molecular complexity index is 990. The average Bonchev–Trinajstić information content (AvgIpc) is 3.36. The van der Waals surface area contributed by atoms with E-state index in [0.29, 0.717) is 40.8 Å². The summed E-state index contributed by atoms with van der Waals surface area (Å²) in [7, 11) is 3.10. The van der Waals surface area contributed by atoms with E-state index in [9.17, 15) is 4.79 Å². The monoisotopic (exact) mass is 447 g/mol. The molecule has 1 aromatic heterocycles. The number of rotatable bonds is 5. The van der Waals surface area contributed by atoms with Crippen LogP contribution in [0.4, 0.5) is 0 Å². The Morgan fingerprint density at radius 2 is 1.97 bits per heavy atom. The Kier molecular flexibility index (Phi) is 6.36. The summed E-state index contributed by atoms with van der Waals surface area (Å²) in [6, 6.07) is 5.18. The standard InChI is InChI=1S/C22H26ClN3O5/c1-13-9-20(30-24-13)17-7-5-4-6-8-26(17)22(27)21-11-16(25-31-21)14-10-15(23)19(29-3)12-18(14)28-2/h9-10,12,17,21H,4-8,11H2,1-3H3/t17-,21+/m0/s1. The number of benzene rings is 1. The smallest absolute Gasteiger partial charge is 0.267 e. The van der Waals surface area contributed by atoms with Gasteiger partial charge in [0.2, 0.25) is 6.10 Å². The van der Waals surface area contributed by atoms with E-state index in [1.54, 1.807) is 26.4 Å². The first kappa shape index (κ1) is 21.5. The van der Waals surface area contributed by atoms with Crippen LogP contribution in [0.25, 0.3) is 0 Å². The molecule has 1 aromatic carbocycles. The molecule has 0 spiro atoms. The summed E-state index contributed by atoms with van der Waals surface area (Å²) in [5.74, 6) is 1.68. The molecule has 2 aliphatic rings. The largest absolute Gasteiger partial charge is 0.496 e. The zero-order valence-electron chi connectivity index (χ0n) is 17.9. The average molecular weight is 448 g/mol. The van der Waals surface area contributed by atoms with Crippen LogP contribution in [0, 0.1) is 6.92 Å². The van der Waals surface area contributed by atoms with Gasteiger partial charge < -0.3 is 23.7 Å². The van der Waals surface area contributed by atoms with Gasteiger partial charge in [0.15, 0.2) is 5.76 Å². The van der Waals surface area contributed by atoms with Crippen molar-refractivity contribution < 1.29 is 23.6 Å². The summed E-state index contributed by atoms with van der Waals surface area (Å²) in [6.45, 7) is 2.53. The van der Waals surface area contributed by atoms with E-state index in [2.05, 4.69) is 10.3 Å². The molecule has 1 fully saturated rings. The van der Waals surface area contributed by atoms with Gasteiger partial charge in [0.05, 0.1) is 36.7 Å². The number of halogens is 1. The number of ether oxygens (including phenoxy) is 2. The van der Waals surface area contributed by atoms with Gasteiger partial charge >= 0.3 is 0 Å². The van der Waals surface area contributed by atoms with Crippen LogP contribution in [-0.4, -0.2) is 48.5 Å². The quantitative estimate of drug-likeness (QED) is 0.679. The number of carbonyl (C=O) groups is 1. The number of amides is 1. The van der Waals surface area contributed by atoms with Gasteiger partial charge in [-0.1, -0.05) is 34.8 Å². The number of hydrogen-bond acceptors (Lipinski definition) is 7. The lowest BCUT2D eigenvalue weighted by Gasteiger charge is -2.29. The minimum atomic E-state index is -0.704. The highest BCUT2D eigenvalue weighted by Crippen LogP contribution is 2.36. The molecule has 0 bridgehead atoms. The first-order valence-corrected chi connectivity index (χ1v) is 10.8. The lowest BCUT2D eigenvalue weighted by Crippen LogP contribution is -2.41. The van der Waals surface area contributed by atoms with Crippen molar-refractivity contribution >= 4 is 23.2 Å². The van der Waals surface area contributed by atoms with Crippen molar-refractivity contribution in [2.45, 2.75) is 51.2 Å². The van der Waals surface area contributed by atoms with Crippen molar-refractivity contribution in [3.8, 4) is 11.5 Å². The molecule has 9 heteroatoms. The van der Waals surface area contributed by atoms with Crippen LogP contribution in [0.15, 0.2) is 27.9 Å². The van der Waals surface area contributed by atoms with E-state index in [-0.39, 0.29) is 11.9 Å². The van der Waals surface area contributed by atoms with Gasteiger partial charge in [-0.05, 0) is 25.8 Å². The van der Waals surface area contributed by atoms with E-state index in [1.165, 1.54) is 0 Å². The topological polar surface area (TPSA) is 86.4 Å². The number of aryl methyl sites for hydroxylation is 1. The predicted octanol–water partition coefficient (Wildman–Crippen LogP) is 4.29. The van der Waals surface area contributed by atoms with E-state index in [4.69, 9.17) is 30.4 Å². The molecule has 31 heavy (non-hydrogen) atoms. The third-order valence-electron chi connectivity index (χ3n) is 5.74. The molecule has 8 nitrogen and oxygen atoms in total. The Morgan fingerprint density at radius 3 is 2.68 bits per heavy atom. The van der Waals surface area contributed by atoms with Gasteiger partial charge in [-0.25, -0.2) is 0 Å². The predicted molar refractivity (Wildman–Crippen MR) is 115 cm³/mol. The number of likely N-dealkylation sites (tertiary alicyclic amines) is 1. The zero-order valence-corrected chi connectivity index (χ0v) is 18.6.